The standard InChI is InChI=1S/C12H21O2PSi/c1-16(2,12-6-4-3-5-7-12)15(10-8-13)11-9-14/h3-7,13-14H,8-11H2,1-2H3. The third-order valence-electron chi connectivity index (χ3n) is 3.01. The van der Waals surface area contributed by atoms with Crippen molar-refractivity contribution in [2.45, 2.75) is 13.1 Å². The number of aliphatic hydroxyl groups is 2. The van der Waals surface area contributed by atoms with E-state index in [-0.39, 0.29) is 20.7 Å². The lowest BCUT2D eigenvalue weighted by atomic mass is 10.4. The van der Waals surface area contributed by atoms with Crippen LogP contribution in [0.1, 0.15) is 0 Å². The molecule has 0 bridgehead atoms. The summed E-state index contributed by atoms with van der Waals surface area (Å²) in [6.45, 7) is 5.18. The summed E-state index contributed by atoms with van der Waals surface area (Å²) in [6.07, 6.45) is 1.73. The first-order valence-corrected chi connectivity index (χ1v) is 11.2. The van der Waals surface area contributed by atoms with Crippen molar-refractivity contribution >= 4 is 20.4 Å². The maximum absolute atomic E-state index is 9.13. The van der Waals surface area contributed by atoms with Gasteiger partial charge < -0.3 is 10.2 Å². The second kappa shape index (κ2) is 6.50. The Hall–Kier alpha value is -0.213. The highest BCUT2D eigenvalue weighted by Crippen LogP contribution is 2.45. The normalized spacial score (nSPS) is 12.1. The first kappa shape index (κ1) is 13.9. The van der Waals surface area contributed by atoms with Gasteiger partial charge in [-0.05, 0) is 12.3 Å². The van der Waals surface area contributed by atoms with Gasteiger partial charge in [0.05, 0.1) is 0 Å². The Labute approximate surface area is 99.9 Å². The van der Waals surface area contributed by atoms with Crippen molar-refractivity contribution in [2.75, 3.05) is 25.5 Å². The highest BCUT2D eigenvalue weighted by atomic mass is 31.4. The minimum atomic E-state index is -1.51. The van der Waals surface area contributed by atoms with E-state index >= 15 is 0 Å². The summed E-state index contributed by atoms with van der Waals surface area (Å²) in [5.41, 5.74) is 0. The van der Waals surface area contributed by atoms with Crippen molar-refractivity contribution in [1.29, 1.82) is 0 Å². The number of hydrogen-bond donors (Lipinski definition) is 2. The summed E-state index contributed by atoms with van der Waals surface area (Å²) in [5, 5.41) is 19.7. The van der Waals surface area contributed by atoms with E-state index in [0.717, 1.165) is 12.3 Å². The molecule has 0 atom stereocenters. The Kier molecular flexibility index (Phi) is 5.63. The van der Waals surface area contributed by atoms with Crippen molar-refractivity contribution in [3.63, 3.8) is 0 Å². The van der Waals surface area contributed by atoms with Crippen molar-refractivity contribution in [3.05, 3.63) is 30.3 Å². The third-order valence-corrected chi connectivity index (χ3v) is 14.7. The molecule has 0 spiro atoms. The summed E-state index contributed by atoms with van der Waals surface area (Å²) in [6, 6.07) is 10.6. The molecule has 1 aromatic carbocycles. The lowest BCUT2D eigenvalue weighted by Gasteiger charge is -2.33. The van der Waals surface area contributed by atoms with Crippen molar-refractivity contribution in [1.82, 2.24) is 0 Å². The molecule has 2 nitrogen and oxygen atoms in total. The lowest BCUT2D eigenvalue weighted by Crippen LogP contribution is -2.41. The van der Waals surface area contributed by atoms with Gasteiger partial charge in [-0.25, -0.2) is 0 Å². The lowest BCUT2D eigenvalue weighted by molar-refractivity contribution is 0.316. The average molecular weight is 256 g/mol. The Morgan fingerprint density at radius 2 is 1.50 bits per heavy atom. The summed E-state index contributed by atoms with van der Waals surface area (Å²) in [7, 11) is -1.75. The molecule has 0 saturated carbocycles. The average Bonchev–Trinajstić information content (AvgIpc) is 2.30. The van der Waals surface area contributed by atoms with E-state index in [1.54, 1.807) is 0 Å². The molecule has 0 aliphatic rings. The van der Waals surface area contributed by atoms with E-state index in [1.165, 1.54) is 5.19 Å². The van der Waals surface area contributed by atoms with Crippen LogP contribution in [-0.4, -0.2) is 43.5 Å². The van der Waals surface area contributed by atoms with E-state index in [4.69, 9.17) is 10.2 Å². The van der Waals surface area contributed by atoms with Gasteiger partial charge >= 0.3 is 0 Å². The predicted octanol–water partition coefficient (Wildman–Crippen LogP) is 1.57. The SMILES string of the molecule is C[Si](C)(c1ccccc1)P(CCO)CCO. The Morgan fingerprint density at radius 3 is 1.94 bits per heavy atom. The fourth-order valence-corrected chi connectivity index (χ4v) is 10.6. The molecule has 0 amide bonds. The van der Waals surface area contributed by atoms with Crippen LogP contribution in [0.15, 0.2) is 30.3 Å². The molecule has 0 saturated heterocycles. The molecule has 0 aromatic heterocycles. The molecule has 4 heteroatoms. The molecule has 0 fully saturated rings. The van der Waals surface area contributed by atoms with Crippen LogP contribution in [-0.2, 0) is 0 Å². The Morgan fingerprint density at radius 1 is 1.00 bits per heavy atom. The van der Waals surface area contributed by atoms with Crippen LogP contribution in [0.5, 0.6) is 0 Å². The largest absolute Gasteiger partial charge is 0.396 e. The zero-order valence-corrected chi connectivity index (χ0v) is 12.0. The predicted molar refractivity (Wildman–Crippen MR) is 74.4 cm³/mol. The van der Waals surface area contributed by atoms with Gasteiger partial charge in [-0.1, -0.05) is 48.6 Å². The number of hydrogen-bond acceptors (Lipinski definition) is 2. The first-order valence-electron chi connectivity index (χ1n) is 5.65. The van der Waals surface area contributed by atoms with Crippen molar-refractivity contribution in [2.24, 2.45) is 0 Å². The molecule has 2 N–H and O–H groups in total. The van der Waals surface area contributed by atoms with Crippen LogP contribution in [0.2, 0.25) is 13.1 Å². The second-order valence-electron chi connectivity index (χ2n) is 4.36. The van der Waals surface area contributed by atoms with Gasteiger partial charge in [0, 0.05) is 13.2 Å². The van der Waals surface area contributed by atoms with Crippen LogP contribution in [0.25, 0.3) is 0 Å². The van der Waals surface area contributed by atoms with Crippen LogP contribution >= 0.6 is 7.47 Å². The quantitative estimate of drug-likeness (QED) is 0.599. The molecule has 16 heavy (non-hydrogen) atoms. The summed E-state index contributed by atoms with van der Waals surface area (Å²) in [4.78, 5) is 0. The molecule has 90 valence electrons. The van der Waals surface area contributed by atoms with Gasteiger partial charge in [0.15, 0.2) is 0 Å². The van der Waals surface area contributed by atoms with Gasteiger partial charge in [-0.2, -0.15) is 0 Å². The Bertz CT molecular complexity index is 297. The summed E-state index contributed by atoms with van der Waals surface area (Å²) < 4.78 is 0. The second-order valence-corrected chi connectivity index (χ2v) is 15.3. The monoisotopic (exact) mass is 256 g/mol. The van der Waals surface area contributed by atoms with Gasteiger partial charge in [0.1, 0.15) is 7.74 Å². The van der Waals surface area contributed by atoms with Crippen LogP contribution in [0.3, 0.4) is 0 Å². The number of aliphatic hydroxyl groups excluding tert-OH is 2. The molecule has 0 aliphatic heterocycles. The van der Waals surface area contributed by atoms with Crippen LogP contribution < -0.4 is 5.19 Å². The Balaban J connectivity index is 2.88. The number of rotatable bonds is 6. The first-order chi connectivity index (χ1) is 7.62. The smallest absolute Gasteiger partial charge is 0.107 e. The molecule has 1 aromatic rings. The van der Waals surface area contributed by atoms with Crippen LogP contribution in [0.4, 0.5) is 0 Å². The fourth-order valence-electron chi connectivity index (χ4n) is 1.94. The zero-order chi connectivity index (χ0) is 12.0. The van der Waals surface area contributed by atoms with E-state index in [1.807, 2.05) is 6.07 Å². The zero-order valence-electron chi connectivity index (χ0n) is 10.1. The van der Waals surface area contributed by atoms with Gasteiger partial charge in [-0.3, -0.25) is 0 Å². The molecule has 0 aliphatic carbocycles. The number of benzene rings is 1. The highest BCUT2D eigenvalue weighted by Gasteiger charge is 2.32. The minimum Gasteiger partial charge on any atom is -0.396 e. The van der Waals surface area contributed by atoms with Gasteiger partial charge in [0.2, 0.25) is 0 Å². The van der Waals surface area contributed by atoms with E-state index in [9.17, 15) is 0 Å². The van der Waals surface area contributed by atoms with Crippen molar-refractivity contribution in [3.8, 4) is 0 Å². The molecular formula is C12H21O2PSi. The molecule has 0 radical (unpaired) electrons. The highest BCUT2D eigenvalue weighted by molar-refractivity contribution is 7.96. The van der Waals surface area contributed by atoms with E-state index < -0.39 is 7.74 Å². The maximum Gasteiger partial charge on any atom is 0.107 e. The molecule has 0 unspecified atom stereocenters. The fraction of sp³-hybridized carbons (Fsp3) is 0.500. The van der Waals surface area contributed by atoms with E-state index in [2.05, 4.69) is 37.4 Å². The summed E-state index contributed by atoms with van der Waals surface area (Å²) in [5.74, 6) is 0. The molecule has 1 rings (SSSR count). The molecule has 0 heterocycles. The third kappa shape index (κ3) is 3.39. The van der Waals surface area contributed by atoms with Crippen LogP contribution in [0, 0.1) is 0 Å². The van der Waals surface area contributed by atoms with E-state index in [0.29, 0.717) is 0 Å². The maximum atomic E-state index is 9.13. The minimum absolute atomic E-state index is 0.242. The van der Waals surface area contributed by atoms with Crippen molar-refractivity contribution < 1.29 is 10.2 Å². The van der Waals surface area contributed by atoms with Gasteiger partial charge in [0.25, 0.3) is 0 Å². The summed E-state index contributed by atoms with van der Waals surface area (Å²) >= 11 is 0. The van der Waals surface area contributed by atoms with Gasteiger partial charge in [-0.15, -0.1) is 7.47 Å². The molecular weight excluding hydrogens is 235 g/mol. The topological polar surface area (TPSA) is 40.5 Å².